The first-order chi connectivity index (χ1) is 24.1. The summed E-state index contributed by atoms with van der Waals surface area (Å²) in [6.07, 6.45) is 3.92. The first-order valence-corrected chi connectivity index (χ1v) is 24.1. The van der Waals surface area contributed by atoms with Gasteiger partial charge in [0.25, 0.3) is 0 Å². The van der Waals surface area contributed by atoms with E-state index < -0.39 is 0 Å². The van der Waals surface area contributed by atoms with Crippen molar-refractivity contribution in [1.82, 2.24) is 0 Å². The molecule has 0 aliphatic carbocycles. The van der Waals surface area contributed by atoms with Crippen LogP contribution in [0.4, 0.5) is 0 Å². The van der Waals surface area contributed by atoms with E-state index in [4.69, 9.17) is 0 Å². The van der Waals surface area contributed by atoms with E-state index in [0.29, 0.717) is 0 Å². The molecule has 0 heterocycles. The third kappa shape index (κ3) is 4210. The lowest BCUT2D eigenvalue weighted by Gasteiger charge is -1.90. The monoisotopic (exact) mass is 813 g/mol. The van der Waals surface area contributed by atoms with Gasteiger partial charge in [0.15, 0.2) is 0 Å². The van der Waals surface area contributed by atoms with Crippen LogP contribution in [0, 0.1) is 76.9 Å². The molecule has 0 atom stereocenters. The standard InChI is InChI=1S/3C5H12.10C4H10.CH4/c3*1-4-5(2)3;10*1-4(2)3;/h3*5H,4H2,1-3H3;10*4H,1-3H3;1H4. The van der Waals surface area contributed by atoms with E-state index in [0.717, 1.165) is 76.9 Å². The Morgan fingerprint density at radius 2 is 0.179 bits per heavy atom. The van der Waals surface area contributed by atoms with Gasteiger partial charge in [-0.2, -0.15) is 0 Å². The van der Waals surface area contributed by atoms with E-state index in [1.54, 1.807) is 0 Å². The fraction of sp³-hybridized carbons (Fsp3) is 1.00. The molecular weight excluding hydrogens is 673 g/mol. The van der Waals surface area contributed by atoms with Gasteiger partial charge < -0.3 is 0 Å². The Labute approximate surface area is 372 Å². The molecule has 0 unspecified atom stereocenters. The predicted molar refractivity (Wildman–Crippen MR) is 287 cm³/mol. The van der Waals surface area contributed by atoms with Gasteiger partial charge in [-0.3, -0.25) is 0 Å². The molecule has 0 aromatic heterocycles. The quantitative estimate of drug-likeness (QED) is 0.266. The third-order valence-electron chi connectivity index (χ3n) is 2.45. The number of hydrogen-bond donors (Lipinski definition) is 0. The Balaban J connectivity index is -0.0000000284. The average molecular weight is 814 g/mol. The zero-order valence-corrected chi connectivity index (χ0v) is 48.6. The van der Waals surface area contributed by atoms with Crippen molar-refractivity contribution in [2.24, 2.45) is 76.9 Å². The molecule has 0 saturated carbocycles. The fourth-order valence-corrected chi connectivity index (χ4v) is 0. The van der Waals surface area contributed by atoms with Gasteiger partial charge in [0.1, 0.15) is 0 Å². The second-order valence-corrected chi connectivity index (χ2v) is 22.7. The molecular formula is C56H140. The first kappa shape index (κ1) is 96.0. The Bertz CT molecular complexity index is 281. The summed E-state index contributed by atoms with van der Waals surface area (Å²) >= 11 is 0. The van der Waals surface area contributed by atoms with Crippen LogP contribution >= 0.6 is 0 Å². The van der Waals surface area contributed by atoms with E-state index in [9.17, 15) is 0 Å². The molecule has 0 heteroatoms. The molecule has 56 heavy (non-hydrogen) atoms. The second-order valence-electron chi connectivity index (χ2n) is 22.7. The van der Waals surface area contributed by atoms with Gasteiger partial charge in [-0.05, 0) is 76.9 Å². The molecule has 0 N–H and O–H groups in total. The molecule has 0 aromatic rings. The minimum atomic E-state index is 0. The summed E-state index contributed by atoms with van der Waals surface area (Å²) in [6.45, 7) is 84.9. The summed E-state index contributed by atoms with van der Waals surface area (Å²) in [5.74, 6) is 11.0. The second kappa shape index (κ2) is 90.9. The van der Waals surface area contributed by atoms with Crippen molar-refractivity contribution >= 4 is 0 Å². The van der Waals surface area contributed by atoms with Crippen LogP contribution in [-0.4, -0.2) is 0 Å². The lowest BCUT2D eigenvalue weighted by atomic mass is 10.2. The van der Waals surface area contributed by atoms with Crippen molar-refractivity contribution in [3.63, 3.8) is 0 Å². The van der Waals surface area contributed by atoms with Crippen LogP contribution in [-0.2, 0) is 0 Å². The molecule has 0 aromatic carbocycles. The highest BCUT2D eigenvalue weighted by atomic mass is 13.9. The SMILES string of the molecule is C.CC(C)C.CC(C)C.CC(C)C.CC(C)C.CC(C)C.CC(C)C.CC(C)C.CC(C)C.CC(C)C.CC(C)C.CCC(C)C.CCC(C)C.CCC(C)C. The highest BCUT2D eigenvalue weighted by molar-refractivity contribution is 4.34. The van der Waals surface area contributed by atoms with Crippen molar-refractivity contribution in [2.75, 3.05) is 0 Å². The van der Waals surface area contributed by atoms with Crippen molar-refractivity contribution in [2.45, 2.75) is 297 Å². The Morgan fingerprint density at radius 1 is 0.161 bits per heavy atom. The normalized spacial score (nSPS) is 9.00. The van der Waals surface area contributed by atoms with Crippen LogP contribution in [0.5, 0.6) is 0 Å². The van der Waals surface area contributed by atoms with E-state index in [1.165, 1.54) is 19.3 Å². The topological polar surface area (TPSA) is 0 Å². The van der Waals surface area contributed by atoms with Crippen molar-refractivity contribution < 1.29 is 0 Å². The highest BCUT2D eigenvalue weighted by Gasteiger charge is 1.81. The Morgan fingerprint density at radius 3 is 0.179 bits per heavy atom. The van der Waals surface area contributed by atoms with Crippen LogP contribution < -0.4 is 0 Å². The van der Waals surface area contributed by atoms with Crippen LogP contribution in [0.3, 0.4) is 0 Å². The first-order valence-electron chi connectivity index (χ1n) is 24.1. The molecule has 0 spiro atoms. The van der Waals surface area contributed by atoms with Crippen molar-refractivity contribution in [3.05, 3.63) is 0 Å². The van der Waals surface area contributed by atoms with Gasteiger partial charge in [0.05, 0.1) is 0 Å². The molecule has 0 amide bonds. The van der Waals surface area contributed by atoms with Crippen LogP contribution in [0.15, 0.2) is 0 Å². The van der Waals surface area contributed by atoms with E-state index in [2.05, 4.69) is 270 Å². The highest BCUT2D eigenvalue weighted by Crippen LogP contribution is 1.95. The molecule has 0 fully saturated rings. The summed E-state index contributed by atoms with van der Waals surface area (Å²) in [5.41, 5.74) is 0. The van der Waals surface area contributed by atoms with Gasteiger partial charge >= 0.3 is 0 Å². The van der Waals surface area contributed by atoms with Gasteiger partial charge in [0.2, 0.25) is 0 Å². The maximum atomic E-state index is 2.22. The maximum Gasteiger partial charge on any atom is -0.0474 e. The summed E-state index contributed by atoms with van der Waals surface area (Å²) in [5, 5.41) is 0. The minimum absolute atomic E-state index is 0. The lowest BCUT2D eigenvalue weighted by Crippen LogP contribution is -1.77. The molecule has 0 nitrogen and oxygen atoms in total. The van der Waals surface area contributed by atoms with Crippen molar-refractivity contribution in [3.8, 4) is 0 Å². The zero-order valence-electron chi connectivity index (χ0n) is 48.6. The van der Waals surface area contributed by atoms with E-state index in [-0.39, 0.29) is 7.43 Å². The number of rotatable bonds is 3. The largest absolute Gasteiger partial charge is 0.0776 e. The average Bonchev–Trinajstić information content (AvgIpc) is 2.86. The van der Waals surface area contributed by atoms with Crippen LogP contribution in [0.25, 0.3) is 0 Å². The zero-order chi connectivity index (χ0) is 48.6. The molecule has 0 rings (SSSR count). The lowest BCUT2D eigenvalue weighted by molar-refractivity contribution is 0.626. The Hall–Kier alpha value is 0. The summed E-state index contributed by atoms with van der Waals surface area (Å²) < 4.78 is 0. The van der Waals surface area contributed by atoms with Crippen LogP contribution in [0.1, 0.15) is 297 Å². The van der Waals surface area contributed by atoms with Gasteiger partial charge in [-0.25, -0.2) is 0 Å². The van der Waals surface area contributed by atoms with E-state index >= 15 is 0 Å². The van der Waals surface area contributed by atoms with E-state index in [1.807, 2.05) is 0 Å². The summed E-state index contributed by atoms with van der Waals surface area (Å²) in [4.78, 5) is 0. The molecule has 0 bridgehead atoms. The Kier molecular flexibility index (Phi) is 156. The van der Waals surface area contributed by atoms with Gasteiger partial charge in [-0.1, -0.05) is 297 Å². The van der Waals surface area contributed by atoms with Gasteiger partial charge in [-0.15, -0.1) is 0 Å². The van der Waals surface area contributed by atoms with Gasteiger partial charge in [0, 0.05) is 0 Å². The number of hydrogen-bond acceptors (Lipinski definition) is 0. The predicted octanol–water partition coefficient (Wildman–Crippen LogP) is 23.4. The minimum Gasteiger partial charge on any atom is -0.0776 e. The molecule has 0 aliphatic heterocycles. The van der Waals surface area contributed by atoms with Crippen LogP contribution in [0.2, 0.25) is 0 Å². The summed E-state index contributed by atoms with van der Waals surface area (Å²) in [6, 6.07) is 0. The maximum absolute atomic E-state index is 2.22. The molecule has 0 radical (unpaired) electrons. The van der Waals surface area contributed by atoms with Crippen molar-refractivity contribution in [1.29, 1.82) is 0 Å². The smallest absolute Gasteiger partial charge is 0.0474 e. The molecule has 0 saturated heterocycles. The third-order valence-corrected chi connectivity index (χ3v) is 2.45. The summed E-state index contributed by atoms with van der Waals surface area (Å²) in [7, 11) is 0. The molecule has 0 aliphatic rings. The fourth-order valence-electron chi connectivity index (χ4n) is 0. The molecule has 364 valence electrons.